The SMILES string of the molecule is Cc1ccc(C(=O)NNC(=O)c2cccnc2SC(C)C)c(C)c1. The Hall–Kier alpha value is -2.34. The predicted octanol–water partition coefficient (Wildman–Crippen LogP) is 3.27. The summed E-state index contributed by atoms with van der Waals surface area (Å²) >= 11 is 1.50. The number of carbonyl (C=O) groups excluding carboxylic acids is 2. The third kappa shape index (κ3) is 4.58. The molecule has 0 aliphatic rings. The lowest BCUT2D eigenvalue weighted by Crippen LogP contribution is -2.42. The first-order chi connectivity index (χ1) is 11.4. The number of hydrogen-bond donors (Lipinski definition) is 2. The summed E-state index contributed by atoms with van der Waals surface area (Å²) < 4.78 is 0. The van der Waals surface area contributed by atoms with Gasteiger partial charge >= 0.3 is 0 Å². The van der Waals surface area contributed by atoms with Crippen molar-refractivity contribution in [2.45, 2.75) is 38.0 Å². The average molecular weight is 343 g/mol. The molecule has 126 valence electrons. The molecule has 0 unspecified atom stereocenters. The number of rotatable bonds is 4. The fourth-order valence-corrected chi connectivity index (χ4v) is 3.05. The van der Waals surface area contributed by atoms with Crippen molar-refractivity contribution < 1.29 is 9.59 Å². The fourth-order valence-electron chi connectivity index (χ4n) is 2.20. The highest BCUT2D eigenvalue weighted by molar-refractivity contribution is 7.99. The molecular formula is C18H21N3O2S. The Bertz CT molecular complexity index is 760. The van der Waals surface area contributed by atoms with E-state index in [1.54, 1.807) is 24.4 Å². The summed E-state index contributed by atoms with van der Waals surface area (Å²) in [6.45, 7) is 7.89. The molecule has 1 heterocycles. The molecule has 2 N–H and O–H groups in total. The molecule has 0 bridgehead atoms. The highest BCUT2D eigenvalue weighted by Crippen LogP contribution is 2.23. The summed E-state index contributed by atoms with van der Waals surface area (Å²) in [5, 5.41) is 0.946. The van der Waals surface area contributed by atoms with Gasteiger partial charge in [-0.2, -0.15) is 0 Å². The maximum Gasteiger partial charge on any atom is 0.272 e. The molecule has 0 radical (unpaired) electrons. The molecule has 0 spiro atoms. The largest absolute Gasteiger partial charge is 0.272 e. The standard InChI is InChI=1S/C18H21N3O2S/c1-11(2)24-18-15(6-5-9-19-18)17(23)21-20-16(22)14-8-7-12(3)10-13(14)4/h5-11H,1-4H3,(H,20,22)(H,21,23). The number of nitrogens with one attached hydrogen (secondary N) is 2. The first-order valence-electron chi connectivity index (χ1n) is 7.68. The highest BCUT2D eigenvalue weighted by Gasteiger charge is 2.15. The van der Waals surface area contributed by atoms with E-state index in [-0.39, 0.29) is 11.8 Å². The van der Waals surface area contributed by atoms with E-state index in [4.69, 9.17) is 0 Å². The molecule has 1 aromatic heterocycles. The number of nitrogens with zero attached hydrogens (tertiary/aromatic N) is 1. The quantitative estimate of drug-likeness (QED) is 0.660. The molecular weight excluding hydrogens is 322 g/mol. The van der Waals surface area contributed by atoms with Crippen molar-refractivity contribution in [3.63, 3.8) is 0 Å². The predicted molar refractivity (Wildman–Crippen MR) is 96.1 cm³/mol. The van der Waals surface area contributed by atoms with Crippen LogP contribution in [0.4, 0.5) is 0 Å². The van der Waals surface area contributed by atoms with Gasteiger partial charge in [-0.25, -0.2) is 4.98 Å². The van der Waals surface area contributed by atoms with Gasteiger partial charge in [0.05, 0.1) is 5.56 Å². The van der Waals surface area contributed by atoms with Gasteiger partial charge in [-0.05, 0) is 37.6 Å². The number of hydrazine groups is 1. The van der Waals surface area contributed by atoms with Crippen LogP contribution in [0.3, 0.4) is 0 Å². The van der Waals surface area contributed by atoms with E-state index in [0.29, 0.717) is 21.4 Å². The Labute approximate surface area is 146 Å². The number of aromatic nitrogens is 1. The van der Waals surface area contributed by atoms with Gasteiger partial charge in [0.25, 0.3) is 11.8 Å². The van der Waals surface area contributed by atoms with E-state index < -0.39 is 0 Å². The topological polar surface area (TPSA) is 71.1 Å². The second-order valence-electron chi connectivity index (χ2n) is 5.75. The van der Waals surface area contributed by atoms with Gasteiger partial charge in [0.15, 0.2) is 0 Å². The Morgan fingerprint density at radius 2 is 1.71 bits per heavy atom. The van der Waals surface area contributed by atoms with E-state index >= 15 is 0 Å². The molecule has 5 nitrogen and oxygen atoms in total. The van der Waals surface area contributed by atoms with Gasteiger partial charge in [-0.1, -0.05) is 31.5 Å². The second-order valence-corrected chi connectivity index (χ2v) is 7.31. The molecule has 1 aromatic carbocycles. The number of pyridine rings is 1. The molecule has 2 rings (SSSR count). The maximum atomic E-state index is 12.3. The number of amides is 2. The van der Waals surface area contributed by atoms with E-state index in [9.17, 15) is 9.59 Å². The molecule has 0 fully saturated rings. The monoisotopic (exact) mass is 343 g/mol. The van der Waals surface area contributed by atoms with Crippen LogP contribution in [-0.4, -0.2) is 22.0 Å². The van der Waals surface area contributed by atoms with Gasteiger partial charge < -0.3 is 0 Å². The molecule has 0 aliphatic carbocycles. The molecule has 0 aliphatic heterocycles. The van der Waals surface area contributed by atoms with Crippen molar-refractivity contribution in [3.8, 4) is 0 Å². The third-order valence-electron chi connectivity index (χ3n) is 3.28. The minimum atomic E-state index is -0.385. The molecule has 2 aromatic rings. The first kappa shape index (κ1) is 18.0. The maximum absolute atomic E-state index is 12.3. The lowest BCUT2D eigenvalue weighted by Gasteiger charge is -2.12. The Kier molecular flexibility index (Phi) is 5.98. The van der Waals surface area contributed by atoms with Crippen LogP contribution < -0.4 is 10.9 Å². The Balaban J connectivity index is 2.07. The normalized spacial score (nSPS) is 10.5. The smallest absolute Gasteiger partial charge is 0.267 e. The molecule has 0 atom stereocenters. The van der Waals surface area contributed by atoms with Gasteiger partial charge in [-0.3, -0.25) is 20.4 Å². The fraction of sp³-hybridized carbons (Fsp3) is 0.278. The van der Waals surface area contributed by atoms with Crippen LogP contribution in [0.25, 0.3) is 0 Å². The van der Waals surface area contributed by atoms with Crippen LogP contribution in [0.2, 0.25) is 0 Å². The molecule has 6 heteroatoms. The van der Waals surface area contributed by atoms with Crippen molar-refractivity contribution in [2.24, 2.45) is 0 Å². The summed E-state index contributed by atoms with van der Waals surface area (Å²) in [7, 11) is 0. The van der Waals surface area contributed by atoms with Gasteiger partial charge in [-0.15, -0.1) is 11.8 Å². The van der Waals surface area contributed by atoms with E-state index in [1.807, 2.05) is 39.8 Å². The first-order valence-corrected chi connectivity index (χ1v) is 8.56. The van der Waals surface area contributed by atoms with Gasteiger partial charge in [0.2, 0.25) is 0 Å². The summed E-state index contributed by atoms with van der Waals surface area (Å²) in [4.78, 5) is 28.8. The van der Waals surface area contributed by atoms with Crippen LogP contribution >= 0.6 is 11.8 Å². The van der Waals surface area contributed by atoms with Crippen LogP contribution in [0.5, 0.6) is 0 Å². The highest BCUT2D eigenvalue weighted by atomic mass is 32.2. The molecule has 2 amide bonds. The average Bonchev–Trinajstić information content (AvgIpc) is 2.52. The third-order valence-corrected chi connectivity index (χ3v) is 4.30. The van der Waals surface area contributed by atoms with Crippen LogP contribution in [0, 0.1) is 13.8 Å². The van der Waals surface area contributed by atoms with Gasteiger partial charge in [0.1, 0.15) is 5.03 Å². The zero-order chi connectivity index (χ0) is 17.7. The van der Waals surface area contributed by atoms with Crippen LogP contribution in [0.1, 0.15) is 45.7 Å². The second kappa shape index (κ2) is 7.97. The van der Waals surface area contributed by atoms with E-state index in [1.165, 1.54) is 11.8 Å². The minimum Gasteiger partial charge on any atom is -0.267 e. The van der Waals surface area contributed by atoms with E-state index in [2.05, 4.69) is 15.8 Å². The molecule has 24 heavy (non-hydrogen) atoms. The summed E-state index contributed by atoms with van der Waals surface area (Å²) in [5.41, 5.74) is 7.84. The number of thioether (sulfide) groups is 1. The number of carbonyl (C=O) groups is 2. The number of aryl methyl sites for hydroxylation is 2. The van der Waals surface area contributed by atoms with Crippen LogP contribution in [0.15, 0.2) is 41.6 Å². The van der Waals surface area contributed by atoms with Crippen LogP contribution in [-0.2, 0) is 0 Å². The van der Waals surface area contributed by atoms with Crippen molar-refractivity contribution in [3.05, 3.63) is 58.8 Å². The van der Waals surface area contributed by atoms with Crippen molar-refractivity contribution >= 4 is 23.6 Å². The van der Waals surface area contributed by atoms with Crippen molar-refractivity contribution in [2.75, 3.05) is 0 Å². The summed E-state index contributed by atoms with van der Waals surface area (Å²) in [6.07, 6.45) is 1.65. The zero-order valence-electron chi connectivity index (χ0n) is 14.2. The van der Waals surface area contributed by atoms with Crippen molar-refractivity contribution in [1.29, 1.82) is 0 Å². The Morgan fingerprint density at radius 1 is 1.04 bits per heavy atom. The summed E-state index contributed by atoms with van der Waals surface area (Å²) in [6, 6.07) is 8.93. The number of hydrogen-bond acceptors (Lipinski definition) is 4. The minimum absolute atomic E-state index is 0.302. The lowest BCUT2D eigenvalue weighted by molar-refractivity contribution is 0.0844. The van der Waals surface area contributed by atoms with Gasteiger partial charge in [0, 0.05) is 17.0 Å². The number of benzene rings is 1. The Morgan fingerprint density at radius 3 is 2.33 bits per heavy atom. The molecule has 0 saturated heterocycles. The van der Waals surface area contributed by atoms with Crippen molar-refractivity contribution in [1.82, 2.24) is 15.8 Å². The summed E-state index contributed by atoms with van der Waals surface area (Å²) in [5.74, 6) is -0.729. The van der Waals surface area contributed by atoms with E-state index in [0.717, 1.165) is 11.1 Å². The molecule has 0 saturated carbocycles. The lowest BCUT2D eigenvalue weighted by atomic mass is 10.1. The zero-order valence-corrected chi connectivity index (χ0v) is 15.0.